The van der Waals surface area contributed by atoms with Gasteiger partial charge in [0.15, 0.2) is 6.10 Å². The summed E-state index contributed by atoms with van der Waals surface area (Å²) in [5.41, 5.74) is -0.0840. The van der Waals surface area contributed by atoms with Gasteiger partial charge in [0, 0.05) is 11.1 Å². The number of carbonyl (C=O) groups excluding carboxylic acids is 2. The van der Waals surface area contributed by atoms with Crippen LogP contribution in [0.4, 0.5) is 0 Å². The summed E-state index contributed by atoms with van der Waals surface area (Å²) in [4.78, 5) is 24.1. The fourth-order valence-corrected chi connectivity index (χ4v) is 3.00. The maximum absolute atomic E-state index is 12.2. The van der Waals surface area contributed by atoms with E-state index in [1.54, 1.807) is 30.3 Å². The Balaban J connectivity index is 1.89. The van der Waals surface area contributed by atoms with Crippen LogP contribution in [0, 0.1) is 11.3 Å². The van der Waals surface area contributed by atoms with Gasteiger partial charge in [-0.25, -0.2) is 4.79 Å². The molecule has 0 heterocycles. The van der Waals surface area contributed by atoms with Crippen molar-refractivity contribution in [2.75, 3.05) is 0 Å². The lowest BCUT2D eigenvalue weighted by molar-refractivity contribution is -0.150. The van der Waals surface area contributed by atoms with Crippen molar-refractivity contribution in [2.45, 2.75) is 50.7 Å². The quantitative estimate of drug-likeness (QED) is 0.642. The number of hydrogen-bond acceptors (Lipinski definition) is 4. The van der Waals surface area contributed by atoms with Crippen molar-refractivity contribution in [3.05, 3.63) is 40.9 Å². The van der Waals surface area contributed by atoms with E-state index in [-0.39, 0.29) is 0 Å². The molecule has 6 heteroatoms. The molecule has 0 spiro atoms. The molecule has 1 aromatic rings. The molecule has 1 amide bonds. The summed E-state index contributed by atoms with van der Waals surface area (Å²) in [5, 5.41) is 12.7. The Hall–Kier alpha value is -2.32. The SMILES string of the molecule is C[C@H](OC(=O)/C=C/c1cccc(Cl)c1)C(=O)NC1(C#N)CCCCC1. The number of nitrogens with zero attached hydrogens (tertiary/aromatic N) is 1. The van der Waals surface area contributed by atoms with E-state index in [1.807, 2.05) is 0 Å². The Morgan fingerprint density at radius 3 is 2.72 bits per heavy atom. The van der Waals surface area contributed by atoms with Crippen molar-refractivity contribution in [2.24, 2.45) is 0 Å². The number of nitriles is 1. The van der Waals surface area contributed by atoms with Crippen molar-refractivity contribution in [1.29, 1.82) is 5.26 Å². The van der Waals surface area contributed by atoms with Crippen LogP contribution in [0.15, 0.2) is 30.3 Å². The van der Waals surface area contributed by atoms with Crippen molar-refractivity contribution in [3.63, 3.8) is 0 Å². The number of halogens is 1. The van der Waals surface area contributed by atoms with Crippen LogP contribution < -0.4 is 5.32 Å². The van der Waals surface area contributed by atoms with Crippen molar-refractivity contribution in [1.82, 2.24) is 5.32 Å². The van der Waals surface area contributed by atoms with Crippen LogP contribution in [0.1, 0.15) is 44.6 Å². The van der Waals surface area contributed by atoms with Gasteiger partial charge in [-0.3, -0.25) is 4.79 Å². The Morgan fingerprint density at radius 1 is 1.36 bits per heavy atom. The molecular weight excluding hydrogens is 340 g/mol. The van der Waals surface area contributed by atoms with E-state index in [9.17, 15) is 14.9 Å². The average molecular weight is 361 g/mol. The van der Waals surface area contributed by atoms with E-state index < -0.39 is 23.5 Å². The molecule has 2 rings (SSSR count). The molecule has 0 bridgehead atoms. The molecule has 0 aliphatic heterocycles. The van der Waals surface area contributed by atoms with Crippen molar-refractivity contribution < 1.29 is 14.3 Å². The Labute approximate surface area is 152 Å². The largest absolute Gasteiger partial charge is 0.449 e. The van der Waals surface area contributed by atoms with Gasteiger partial charge < -0.3 is 10.1 Å². The highest BCUT2D eigenvalue weighted by Gasteiger charge is 2.35. The second-order valence-corrected chi connectivity index (χ2v) is 6.65. The summed E-state index contributed by atoms with van der Waals surface area (Å²) in [6, 6.07) is 9.23. The van der Waals surface area contributed by atoms with Crippen molar-refractivity contribution >= 4 is 29.6 Å². The Morgan fingerprint density at radius 2 is 2.08 bits per heavy atom. The summed E-state index contributed by atoms with van der Waals surface area (Å²) < 4.78 is 5.11. The molecule has 1 aliphatic rings. The smallest absolute Gasteiger partial charge is 0.331 e. The highest BCUT2D eigenvalue weighted by molar-refractivity contribution is 6.30. The van der Waals surface area contributed by atoms with E-state index in [4.69, 9.17) is 16.3 Å². The highest BCUT2D eigenvalue weighted by atomic mass is 35.5. The van der Waals surface area contributed by atoms with Crippen molar-refractivity contribution in [3.8, 4) is 6.07 Å². The van der Waals surface area contributed by atoms with Crippen LogP contribution in [0.25, 0.3) is 6.08 Å². The molecule has 0 unspecified atom stereocenters. The van der Waals surface area contributed by atoms with Crippen LogP contribution in [0.2, 0.25) is 5.02 Å². The van der Waals surface area contributed by atoms with E-state index in [2.05, 4.69) is 11.4 Å². The van der Waals surface area contributed by atoms with Gasteiger partial charge in [-0.1, -0.05) is 43.0 Å². The number of amides is 1. The summed E-state index contributed by atoms with van der Waals surface area (Å²) in [5.74, 6) is -1.08. The third-order valence-corrected chi connectivity index (χ3v) is 4.44. The number of hydrogen-bond donors (Lipinski definition) is 1. The first kappa shape index (κ1) is 19.0. The molecule has 0 radical (unpaired) electrons. The number of benzene rings is 1. The normalized spacial score (nSPS) is 17.5. The summed E-state index contributed by atoms with van der Waals surface area (Å²) >= 11 is 5.88. The first-order valence-corrected chi connectivity index (χ1v) is 8.69. The standard InChI is InChI=1S/C19H21ClN2O3/c1-14(18(24)22-19(13-21)10-3-2-4-11-19)25-17(23)9-8-15-6-5-7-16(20)12-15/h5-9,12,14H,2-4,10-11H2,1H3,(H,22,24)/b9-8+/t14-/m0/s1. The zero-order chi connectivity index (χ0) is 18.3. The molecule has 1 N–H and O–H groups in total. The molecular formula is C19H21ClN2O3. The molecule has 0 aromatic heterocycles. The molecule has 5 nitrogen and oxygen atoms in total. The van der Waals surface area contributed by atoms with Gasteiger partial charge in [-0.2, -0.15) is 5.26 Å². The van der Waals surface area contributed by atoms with Gasteiger partial charge in [-0.15, -0.1) is 0 Å². The molecule has 0 saturated heterocycles. The number of nitrogens with one attached hydrogen (secondary N) is 1. The fraction of sp³-hybridized carbons (Fsp3) is 0.421. The predicted octanol–water partition coefficient (Wildman–Crippen LogP) is 3.63. The predicted molar refractivity (Wildman–Crippen MR) is 95.6 cm³/mol. The number of ether oxygens (including phenoxy) is 1. The van der Waals surface area contributed by atoms with E-state index in [1.165, 1.54) is 13.0 Å². The number of esters is 1. The summed E-state index contributed by atoms with van der Waals surface area (Å²) in [7, 11) is 0. The molecule has 25 heavy (non-hydrogen) atoms. The average Bonchev–Trinajstić information content (AvgIpc) is 2.60. The lowest BCUT2D eigenvalue weighted by Gasteiger charge is -2.32. The zero-order valence-electron chi connectivity index (χ0n) is 14.1. The van der Waals surface area contributed by atoms with Crippen LogP contribution in [0.5, 0.6) is 0 Å². The molecule has 1 aliphatic carbocycles. The van der Waals surface area contributed by atoms with Gasteiger partial charge in [0.2, 0.25) is 0 Å². The minimum absolute atomic E-state index is 0.451. The fourth-order valence-electron chi connectivity index (χ4n) is 2.80. The molecule has 1 fully saturated rings. The molecule has 132 valence electrons. The van der Waals surface area contributed by atoms with Crippen LogP contribution in [-0.4, -0.2) is 23.5 Å². The van der Waals surface area contributed by atoms with E-state index >= 15 is 0 Å². The van der Waals surface area contributed by atoms with Gasteiger partial charge in [0.05, 0.1) is 6.07 Å². The third kappa shape index (κ3) is 5.61. The van der Waals surface area contributed by atoms with E-state index in [0.717, 1.165) is 24.8 Å². The zero-order valence-corrected chi connectivity index (χ0v) is 14.9. The van der Waals surface area contributed by atoms with Gasteiger partial charge in [0.25, 0.3) is 5.91 Å². The first-order valence-electron chi connectivity index (χ1n) is 8.32. The van der Waals surface area contributed by atoms with Gasteiger partial charge in [-0.05, 0) is 43.5 Å². The molecule has 1 aromatic carbocycles. The lowest BCUT2D eigenvalue weighted by Crippen LogP contribution is -2.52. The topological polar surface area (TPSA) is 79.2 Å². The first-order chi connectivity index (χ1) is 11.9. The second kappa shape index (κ2) is 8.68. The summed E-state index contributed by atoms with van der Waals surface area (Å²) in [6.07, 6.45) is 5.98. The highest BCUT2D eigenvalue weighted by Crippen LogP contribution is 2.27. The maximum Gasteiger partial charge on any atom is 0.331 e. The van der Waals surface area contributed by atoms with E-state index in [0.29, 0.717) is 17.9 Å². The number of carbonyl (C=O) groups is 2. The minimum Gasteiger partial charge on any atom is -0.449 e. The van der Waals surface area contributed by atoms with Gasteiger partial charge in [0.1, 0.15) is 5.54 Å². The maximum atomic E-state index is 12.2. The molecule has 1 atom stereocenters. The van der Waals surface area contributed by atoms with Crippen LogP contribution in [-0.2, 0) is 14.3 Å². The summed E-state index contributed by atoms with van der Waals surface area (Å²) in [6.45, 7) is 1.49. The Kier molecular flexibility index (Phi) is 6.60. The minimum atomic E-state index is -0.969. The lowest BCUT2D eigenvalue weighted by atomic mass is 9.83. The second-order valence-electron chi connectivity index (χ2n) is 6.21. The van der Waals surface area contributed by atoms with Crippen LogP contribution >= 0.6 is 11.6 Å². The monoisotopic (exact) mass is 360 g/mol. The van der Waals surface area contributed by atoms with Gasteiger partial charge >= 0.3 is 5.97 Å². The number of rotatable bonds is 5. The van der Waals surface area contributed by atoms with Crippen LogP contribution in [0.3, 0.4) is 0 Å². The Bertz CT molecular complexity index is 703. The molecule has 1 saturated carbocycles. The third-order valence-electron chi connectivity index (χ3n) is 4.21.